The molecule has 0 spiro atoms. The topological polar surface area (TPSA) is 53.5 Å². The van der Waals surface area contributed by atoms with E-state index < -0.39 is 5.41 Å². The van der Waals surface area contributed by atoms with Gasteiger partial charge in [-0.25, -0.2) is 0 Å². The smallest absolute Gasteiger partial charge is 0.223 e. The van der Waals surface area contributed by atoms with Gasteiger partial charge in [-0.05, 0) is 47.7 Å². The van der Waals surface area contributed by atoms with Crippen LogP contribution in [0.1, 0.15) is 48.7 Å². The van der Waals surface area contributed by atoms with Crippen LogP contribution in [0.2, 0.25) is 5.02 Å². The number of rotatable bonds is 4. The maximum atomic E-state index is 12.7. The van der Waals surface area contributed by atoms with Gasteiger partial charge in [0.1, 0.15) is 6.29 Å². The van der Waals surface area contributed by atoms with Gasteiger partial charge in [0.05, 0.1) is 11.7 Å². The van der Waals surface area contributed by atoms with Crippen molar-refractivity contribution in [1.82, 2.24) is 14.8 Å². The van der Waals surface area contributed by atoms with Crippen LogP contribution in [0.5, 0.6) is 0 Å². The molecule has 0 saturated carbocycles. The molecular formula is C24H28ClN3O2. The van der Waals surface area contributed by atoms with Gasteiger partial charge in [-0.1, -0.05) is 37.6 Å². The highest BCUT2D eigenvalue weighted by molar-refractivity contribution is 6.30. The summed E-state index contributed by atoms with van der Waals surface area (Å²) in [4.78, 5) is 33.0. The molecule has 1 aliphatic heterocycles. The van der Waals surface area contributed by atoms with E-state index >= 15 is 0 Å². The molecule has 0 radical (unpaired) electrons. The van der Waals surface area contributed by atoms with E-state index in [1.165, 1.54) is 16.7 Å². The highest BCUT2D eigenvalue weighted by Crippen LogP contribution is 2.37. The molecule has 1 aromatic heterocycles. The van der Waals surface area contributed by atoms with Crippen LogP contribution in [0.15, 0.2) is 36.5 Å². The monoisotopic (exact) mass is 425 g/mol. The van der Waals surface area contributed by atoms with Crippen molar-refractivity contribution in [3.8, 4) is 0 Å². The summed E-state index contributed by atoms with van der Waals surface area (Å²) in [5.41, 5.74) is 4.31. The summed E-state index contributed by atoms with van der Waals surface area (Å²) < 4.78 is 0. The molecular weight excluding hydrogens is 398 g/mol. The minimum absolute atomic E-state index is 0.0540. The molecule has 4 rings (SSSR count). The van der Waals surface area contributed by atoms with Crippen molar-refractivity contribution >= 4 is 23.8 Å². The SMILES string of the molecule is CC(C)(C=O)CC(=O)N1CCN([C@H]2c3ccc(Cl)cc3CCc3cccnc32)CC1. The molecule has 1 saturated heterocycles. The fourth-order valence-corrected chi connectivity index (χ4v) is 4.72. The number of aldehydes is 1. The molecule has 0 bridgehead atoms. The first-order chi connectivity index (χ1) is 14.4. The lowest BCUT2D eigenvalue weighted by Gasteiger charge is -2.40. The Morgan fingerprint density at radius 1 is 1.17 bits per heavy atom. The molecule has 158 valence electrons. The molecule has 1 aromatic carbocycles. The lowest BCUT2D eigenvalue weighted by atomic mass is 9.90. The zero-order valence-electron chi connectivity index (χ0n) is 17.6. The Bertz CT molecular complexity index is 951. The van der Waals surface area contributed by atoms with Gasteiger partial charge >= 0.3 is 0 Å². The summed E-state index contributed by atoms with van der Waals surface area (Å²) in [6.07, 6.45) is 4.90. The Labute approximate surface area is 183 Å². The largest absolute Gasteiger partial charge is 0.340 e. The number of piperazine rings is 1. The number of amides is 1. The first kappa shape index (κ1) is 21.0. The molecule has 0 unspecified atom stereocenters. The van der Waals surface area contributed by atoms with Gasteiger partial charge in [-0.15, -0.1) is 0 Å². The van der Waals surface area contributed by atoms with Gasteiger partial charge in [0.15, 0.2) is 0 Å². The van der Waals surface area contributed by atoms with E-state index in [2.05, 4.69) is 23.1 Å². The third-order valence-corrected chi connectivity index (χ3v) is 6.44. The Hall–Kier alpha value is -2.24. The molecule has 6 heteroatoms. The number of carbonyl (C=O) groups is 2. The van der Waals surface area contributed by atoms with E-state index in [1.807, 2.05) is 37.1 Å². The second kappa shape index (κ2) is 8.48. The van der Waals surface area contributed by atoms with Crippen molar-refractivity contribution in [3.05, 3.63) is 63.9 Å². The lowest BCUT2D eigenvalue weighted by molar-refractivity contribution is -0.137. The quantitative estimate of drug-likeness (QED) is 0.701. The van der Waals surface area contributed by atoms with Gasteiger partial charge in [0.25, 0.3) is 0 Å². The van der Waals surface area contributed by atoms with Crippen LogP contribution in [0.3, 0.4) is 0 Å². The van der Waals surface area contributed by atoms with Gasteiger partial charge in [0.2, 0.25) is 5.91 Å². The molecule has 0 N–H and O–H groups in total. The Morgan fingerprint density at radius 3 is 2.63 bits per heavy atom. The van der Waals surface area contributed by atoms with Crippen molar-refractivity contribution in [2.45, 2.75) is 39.2 Å². The van der Waals surface area contributed by atoms with E-state index in [1.54, 1.807) is 0 Å². The van der Waals surface area contributed by atoms with E-state index in [4.69, 9.17) is 16.6 Å². The molecule has 1 amide bonds. The molecule has 1 aliphatic carbocycles. The summed E-state index contributed by atoms with van der Waals surface area (Å²) >= 11 is 6.30. The molecule has 2 aliphatic rings. The van der Waals surface area contributed by atoms with E-state index in [9.17, 15) is 9.59 Å². The standard InChI is InChI=1S/C24H28ClN3O2/c1-24(2,16-29)15-21(30)27-10-12-28(13-11-27)23-20-8-7-19(25)14-18(20)6-5-17-4-3-9-26-22(17)23/h3-4,7-9,14,16,23H,5-6,10-13,15H2,1-2H3/t23-/m0/s1. The molecule has 1 fully saturated rings. The van der Waals surface area contributed by atoms with Crippen LogP contribution in [-0.4, -0.2) is 53.2 Å². The number of nitrogens with zero attached hydrogens (tertiary/aromatic N) is 3. The first-order valence-corrected chi connectivity index (χ1v) is 11.0. The summed E-state index contributed by atoms with van der Waals surface area (Å²) in [6, 6.07) is 10.4. The second-order valence-electron chi connectivity index (χ2n) is 8.99. The number of halogens is 1. The number of pyridine rings is 1. The number of benzene rings is 1. The third-order valence-electron chi connectivity index (χ3n) is 6.21. The number of fused-ring (bicyclic) bond motifs is 2. The first-order valence-electron chi connectivity index (χ1n) is 10.6. The van der Waals surface area contributed by atoms with Crippen LogP contribution in [0, 0.1) is 5.41 Å². The van der Waals surface area contributed by atoms with Crippen molar-refractivity contribution in [1.29, 1.82) is 0 Å². The highest BCUT2D eigenvalue weighted by Gasteiger charge is 2.34. The second-order valence-corrected chi connectivity index (χ2v) is 9.43. The molecule has 2 aromatic rings. The predicted molar refractivity (Wildman–Crippen MR) is 118 cm³/mol. The van der Waals surface area contributed by atoms with Crippen LogP contribution < -0.4 is 0 Å². The summed E-state index contributed by atoms with van der Waals surface area (Å²) in [5.74, 6) is 0.0540. The molecule has 5 nitrogen and oxygen atoms in total. The zero-order valence-corrected chi connectivity index (χ0v) is 18.4. The fourth-order valence-electron chi connectivity index (χ4n) is 4.53. The van der Waals surface area contributed by atoms with Crippen LogP contribution >= 0.6 is 11.6 Å². The average Bonchev–Trinajstić information content (AvgIpc) is 2.90. The van der Waals surface area contributed by atoms with Crippen molar-refractivity contribution in [2.75, 3.05) is 26.2 Å². The van der Waals surface area contributed by atoms with E-state index in [0.717, 1.165) is 42.9 Å². The maximum absolute atomic E-state index is 12.7. The van der Waals surface area contributed by atoms with Crippen LogP contribution in [-0.2, 0) is 22.4 Å². The number of aryl methyl sites for hydroxylation is 2. The highest BCUT2D eigenvalue weighted by atomic mass is 35.5. The van der Waals surface area contributed by atoms with Crippen LogP contribution in [0.25, 0.3) is 0 Å². The van der Waals surface area contributed by atoms with Gasteiger partial charge in [0, 0.05) is 49.2 Å². The van der Waals surface area contributed by atoms with Crippen molar-refractivity contribution < 1.29 is 9.59 Å². The number of aromatic nitrogens is 1. The normalized spacial score (nSPS) is 19.6. The van der Waals surface area contributed by atoms with E-state index in [-0.39, 0.29) is 18.4 Å². The average molecular weight is 426 g/mol. The van der Waals surface area contributed by atoms with Crippen molar-refractivity contribution in [3.63, 3.8) is 0 Å². The van der Waals surface area contributed by atoms with Gasteiger partial charge < -0.3 is 9.69 Å². The minimum atomic E-state index is -0.615. The number of hydrogen-bond donors (Lipinski definition) is 0. The van der Waals surface area contributed by atoms with Gasteiger partial charge in [-0.3, -0.25) is 14.7 Å². The third kappa shape index (κ3) is 4.28. The lowest BCUT2D eigenvalue weighted by Crippen LogP contribution is -2.50. The Kier molecular flexibility index (Phi) is 5.94. The van der Waals surface area contributed by atoms with Gasteiger partial charge in [-0.2, -0.15) is 0 Å². The molecule has 2 heterocycles. The van der Waals surface area contributed by atoms with Crippen LogP contribution in [0.4, 0.5) is 0 Å². The minimum Gasteiger partial charge on any atom is -0.340 e. The summed E-state index contributed by atoms with van der Waals surface area (Å²) in [5, 5.41) is 0.764. The predicted octanol–water partition coefficient (Wildman–Crippen LogP) is 3.68. The summed E-state index contributed by atoms with van der Waals surface area (Å²) in [6.45, 7) is 6.49. The number of carbonyl (C=O) groups excluding carboxylic acids is 2. The summed E-state index contributed by atoms with van der Waals surface area (Å²) in [7, 11) is 0. The molecule has 30 heavy (non-hydrogen) atoms. The van der Waals surface area contributed by atoms with Crippen molar-refractivity contribution in [2.24, 2.45) is 5.41 Å². The maximum Gasteiger partial charge on any atom is 0.223 e. The Balaban J connectivity index is 1.58. The fraction of sp³-hybridized carbons (Fsp3) is 0.458. The van der Waals surface area contributed by atoms with E-state index in [0.29, 0.717) is 13.1 Å². The molecule has 1 atom stereocenters. The Morgan fingerprint density at radius 2 is 1.90 bits per heavy atom. The number of hydrogen-bond acceptors (Lipinski definition) is 4. The zero-order chi connectivity index (χ0) is 21.3.